The second kappa shape index (κ2) is 14.8. The summed E-state index contributed by atoms with van der Waals surface area (Å²) in [6.45, 7) is 9.65. The van der Waals surface area contributed by atoms with Crippen LogP contribution in [0.5, 0.6) is 0 Å². The van der Waals surface area contributed by atoms with Crippen LogP contribution in [0, 0.1) is 0 Å². The van der Waals surface area contributed by atoms with Gasteiger partial charge in [-0.3, -0.25) is 4.79 Å². The summed E-state index contributed by atoms with van der Waals surface area (Å²) in [5, 5.41) is 23.8. The monoisotopic (exact) mass is 554 g/mol. The Morgan fingerprint density at radius 2 is 1.73 bits per heavy atom. The van der Waals surface area contributed by atoms with Crippen molar-refractivity contribution in [3.63, 3.8) is 0 Å². The minimum Gasteiger partial charge on any atom is -0.442 e. The summed E-state index contributed by atoms with van der Waals surface area (Å²) in [5.41, 5.74) is 0.771. The Labute approximate surface area is 226 Å². The lowest BCUT2D eigenvalue weighted by Crippen LogP contribution is -2.56. The van der Waals surface area contributed by atoms with Crippen LogP contribution in [0.1, 0.15) is 69.1 Å². The molecule has 4 atom stereocenters. The molecule has 0 saturated heterocycles. The maximum absolute atomic E-state index is 12.8. The highest BCUT2D eigenvalue weighted by atomic mass is 32.1. The van der Waals surface area contributed by atoms with Gasteiger partial charge in [-0.05, 0) is 33.6 Å². The first-order valence-electron chi connectivity index (χ1n) is 12.2. The number of aromatic nitrogens is 2. The Kier molecular flexibility index (Phi) is 12.2. The van der Waals surface area contributed by atoms with Gasteiger partial charge < -0.3 is 30.7 Å². The lowest BCUT2D eigenvalue weighted by molar-refractivity contribution is -0.126. The predicted molar refractivity (Wildman–Crippen MR) is 143 cm³/mol. The summed E-state index contributed by atoms with van der Waals surface area (Å²) >= 11 is 2.96. The molecule has 1 unspecified atom stereocenters. The van der Waals surface area contributed by atoms with Crippen LogP contribution in [-0.2, 0) is 22.7 Å². The molecule has 0 aliphatic carbocycles. The molecule has 0 aromatic carbocycles. The van der Waals surface area contributed by atoms with Crippen molar-refractivity contribution in [1.29, 1.82) is 0 Å². The molecule has 2 heterocycles. The number of hydrogen-bond acceptors (Lipinski definition) is 9. The predicted octanol–water partition coefficient (Wildman–Crippen LogP) is 3.21. The Morgan fingerprint density at radius 1 is 1.05 bits per heavy atom. The van der Waals surface area contributed by atoms with Crippen LogP contribution in [0.3, 0.4) is 0 Å². The number of hydrogen-bond donors (Lipinski definition) is 4. The van der Waals surface area contributed by atoms with E-state index in [1.807, 2.05) is 24.6 Å². The van der Waals surface area contributed by atoms with Crippen LogP contribution < -0.4 is 16.0 Å². The second-order valence-corrected chi connectivity index (χ2v) is 11.3. The maximum atomic E-state index is 12.8. The summed E-state index contributed by atoms with van der Waals surface area (Å²) in [6, 6.07) is -2.02. The molecule has 2 aromatic rings. The van der Waals surface area contributed by atoms with Gasteiger partial charge >= 0.3 is 12.1 Å². The van der Waals surface area contributed by atoms with Gasteiger partial charge in [-0.15, -0.1) is 22.7 Å². The number of thiazole rings is 2. The van der Waals surface area contributed by atoms with Crippen LogP contribution in [0.25, 0.3) is 0 Å². The number of aliphatic hydroxyl groups excluding tert-OH is 1. The molecule has 0 aliphatic rings. The fourth-order valence-electron chi connectivity index (χ4n) is 3.30. The van der Waals surface area contributed by atoms with Gasteiger partial charge in [-0.25, -0.2) is 19.6 Å². The number of carbonyl (C=O) groups is 3. The number of nitrogens with one attached hydrogen (secondary N) is 3. The molecule has 0 saturated carbocycles. The first-order chi connectivity index (χ1) is 17.5. The molecular formula is C24H38N6O5S2. The maximum Gasteiger partial charge on any atom is 0.407 e. The Morgan fingerprint density at radius 3 is 2.30 bits per heavy atom. The minimum atomic E-state index is -1.12. The van der Waals surface area contributed by atoms with Gasteiger partial charge in [0.05, 0.1) is 23.4 Å². The fourth-order valence-corrected chi connectivity index (χ4v) is 4.65. The third kappa shape index (κ3) is 10.6. The molecule has 2 rings (SSSR count). The van der Waals surface area contributed by atoms with E-state index in [9.17, 15) is 19.5 Å². The molecule has 0 fully saturated rings. The van der Waals surface area contributed by atoms with Gasteiger partial charge in [0.15, 0.2) is 0 Å². The normalized spacial score (nSPS) is 14.4. The minimum absolute atomic E-state index is 0.118. The zero-order valence-corrected chi connectivity index (χ0v) is 23.8. The van der Waals surface area contributed by atoms with Gasteiger partial charge in [-0.1, -0.05) is 13.8 Å². The molecule has 37 heavy (non-hydrogen) atoms. The van der Waals surface area contributed by atoms with E-state index in [0.717, 1.165) is 10.7 Å². The molecular weight excluding hydrogens is 516 g/mol. The molecule has 206 valence electrons. The van der Waals surface area contributed by atoms with Crippen molar-refractivity contribution in [2.75, 3.05) is 7.05 Å². The van der Waals surface area contributed by atoms with E-state index in [4.69, 9.17) is 4.74 Å². The average molecular weight is 555 g/mol. The van der Waals surface area contributed by atoms with Gasteiger partial charge in [0.2, 0.25) is 5.91 Å². The number of carbonyl (C=O) groups excluding carboxylic acids is 3. The van der Waals surface area contributed by atoms with Crippen molar-refractivity contribution in [3.05, 3.63) is 32.7 Å². The van der Waals surface area contributed by atoms with Crippen LogP contribution in [0.2, 0.25) is 0 Å². The molecule has 0 spiro atoms. The van der Waals surface area contributed by atoms with Gasteiger partial charge in [0.1, 0.15) is 17.7 Å². The molecule has 4 amide bonds. The topological polar surface area (TPSA) is 146 Å². The number of nitrogens with zero attached hydrogens (tertiary/aromatic N) is 3. The first kappa shape index (κ1) is 30.5. The summed E-state index contributed by atoms with van der Waals surface area (Å²) in [7, 11) is 1.61. The lowest BCUT2D eigenvalue weighted by Gasteiger charge is -2.26. The number of alkyl carbamates (subject to hydrolysis) is 1. The molecule has 0 radical (unpaired) electrons. The highest BCUT2D eigenvalue weighted by molar-refractivity contribution is 7.09. The number of aliphatic hydroxyl groups is 1. The quantitative estimate of drug-likeness (QED) is 0.297. The summed E-state index contributed by atoms with van der Waals surface area (Å²) < 4.78 is 5.14. The summed E-state index contributed by atoms with van der Waals surface area (Å²) in [4.78, 5) is 47.4. The third-order valence-electron chi connectivity index (χ3n) is 5.45. The summed E-state index contributed by atoms with van der Waals surface area (Å²) in [5.74, 6) is -0.173. The highest BCUT2D eigenvalue weighted by Crippen LogP contribution is 2.19. The van der Waals surface area contributed by atoms with Crippen molar-refractivity contribution < 1.29 is 24.2 Å². The van der Waals surface area contributed by atoms with Gasteiger partial charge in [-0.2, -0.15) is 0 Å². The number of urea groups is 1. The van der Waals surface area contributed by atoms with Crippen LogP contribution >= 0.6 is 22.7 Å². The SMILES string of the molecule is CC(C)c1nc(CN(C)C(=O)N[C@H](C(=O)N[C@H](C)CC[C@@H](C)NC(=O)OCc2nccs2)C(C)O)cs1. The molecule has 4 N–H and O–H groups in total. The van der Waals surface area contributed by atoms with E-state index in [1.54, 1.807) is 24.6 Å². The van der Waals surface area contributed by atoms with Crippen molar-refractivity contribution in [2.24, 2.45) is 0 Å². The zero-order chi connectivity index (χ0) is 27.5. The van der Waals surface area contributed by atoms with Crippen molar-refractivity contribution in [2.45, 2.75) is 90.8 Å². The van der Waals surface area contributed by atoms with E-state index in [0.29, 0.717) is 23.8 Å². The standard InChI is InChI=1S/C24H38N6O5S2/c1-14(2)22-28-18(13-37-22)11-30(6)23(33)29-20(17(5)31)21(32)26-15(3)7-8-16(4)27-24(34)35-12-19-25-9-10-36-19/h9-10,13-17,20,31H,7-8,11-12H2,1-6H3,(H,26,32)(H,27,34)(H,29,33)/t15-,16-,17?,20+/m1/s1. The second-order valence-electron chi connectivity index (χ2n) is 9.39. The molecule has 11 nitrogen and oxygen atoms in total. The number of ether oxygens (including phenoxy) is 1. The zero-order valence-electron chi connectivity index (χ0n) is 22.2. The van der Waals surface area contributed by atoms with E-state index in [-0.39, 0.29) is 25.2 Å². The average Bonchev–Trinajstić information content (AvgIpc) is 3.51. The lowest BCUT2D eigenvalue weighted by atomic mass is 10.1. The summed E-state index contributed by atoms with van der Waals surface area (Å²) in [6.07, 6.45) is 1.19. The van der Waals surface area contributed by atoms with Crippen molar-refractivity contribution in [1.82, 2.24) is 30.8 Å². The fraction of sp³-hybridized carbons (Fsp3) is 0.625. The van der Waals surface area contributed by atoms with Crippen LogP contribution in [0.4, 0.5) is 9.59 Å². The van der Waals surface area contributed by atoms with Crippen molar-refractivity contribution in [3.8, 4) is 0 Å². The van der Waals surface area contributed by atoms with Gasteiger partial charge in [0.25, 0.3) is 0 Å². The van der Waals surface area contributed by atoms with E-state index >= 15 is 0 Å². The molecule has 2 aromatic heterocycles. The molecule has 13 heteroatoms. The van der Waals surface area contributed by atoms with E-state index in [1.165, 1.54) is 23.2 Å². The largest absolute Gasteiger partial charge is 0.442 e. The first-order valence-corrected chi connectivity index (χ1v) is 14.0. The molecule has 0 aliphatic heterocycles. The third-order valence-corrected chi connectivity index (χ3v) is 7.40. The Hall–Kier alpha value is -2.77. The molecule has 0 bridgehead atoms. The van der Waals surface area contributed by atoms with E-state index < -0.39 is 30.2 Å². The van der Waals surface area contributed by atoms with Crippen molar-refractivity contribution >= 4 is 40.7 Å². The van der Waals surface area contributed by atoms with E-state index in [2.05, 4.69) is 39.8 Å². The Bertz CT molecular complexity index is 998. The number of rotatable bonds is 13. The van der Waals surface area contributed by atoms with Crippen LogP contribution in [0.15, 0.2) is 17.0 Å². The van der Waals surface area contributed by atoms with Gasteiger partial charge in [0, 0.05) is 42.0 Å². The Balaban J connectivity index is 1.76. The number of amides is 4. The smallest absolute Gasteiger partial charge is 0.407 e. The van der Waals surface area contributed by atoms with Crippen LogP contribution in [-0.4, -0.2) is 69.3 Å². The highest BCUT2D eigenvalue weighted by Gasteiger charge is 2.28.